The molecular weight excluding hydrogens is 150 g/mol. The zero-order valence-electron chi connectivity index (χ0n) is 7.20. The van der Waals surface area contributed by atoms with Gasteiger partial charge >= 0.3 is 0 Å². The lowest BCUT2D eigenvalue weighted by atomic mass is 10.0. The summed E-state index contributed by atoms with van der Waals surface area (Å²) in [6, 6.07) is 2.02. The van der Waals surface area contributed by atoms with E-state index in [-0.39, 0.29) is 0 Å². The maximum atomic E-state index is 4.22. The molecule has 2 aromatic heterocycles. The van der Waals surface area contributed by atoms with Gasteiger partial charge in [-0.05, 0) is 17.5 Å². The average molecular weight is 161 g/mol. The van der Waals surface area contributed by atoms with Crippen molar-refractivity contribution in [3.05, 3.63) is 24.2 Å². The van der Waals surface area contributed by atoms with Crippen LogP contribution < -0.4 is 0 Å². The SMILES string of the molecule is CC(C)c1ccnc2[nH]cnc12. The number of aromatic nitrogens is 3. The molecule has 12 heavy (non-hydrogen) atoms. The van der Waals surface area contributed by atoms with E-state index < -0.39 is 0 Å². The van der Waals surface area contributed by atoms with Crippen LogP contribution in [-0.2, 0) is 0 Å². The van der Waals surface area contributed by atoms with E-state index >= 15 is 0 Å². The van der Waals surface area contributed by atoms with E-state index in [9.17, 15) is 0 Å². The fourth-order valence-electron chi connectivity index (χ4n) is 1.33. The predicted octanol–water partition coefficient (Wildman–Crippen LogP) is 2.08. The summed E-state index contributed by atoms with van der Waals surface area (Å²) in [5, 5.41) is 0. The largest absolute Gasteiger partial charge is 0.329 e. The first-order chi connectivity index (χ1) is 5.79. The molecule has 0 saturated heterocycles. The van der Waals surface area contributed by atoms with Crippen molar-refractivity contribution in [2.75, 3.05) is 0 Å². The fourth-order valence-corrected chi connectivity index (χ4v) is 1.33. The van der Waals surface area contributed by atoms with Crippen LogP contribution in [-0.4, -0.2) is 15.0 Å². The summed E-state index contributed by atoms with van der Waals surface area (Å²) >= 11 is 0. The molecule has 2 aromatic rings. The molecule has 0 aromatic carbocycles. The van der Waals surface area contributed by atoms with Crippen LogP contribution in [0.15, 0.2) is 18.6 Å². The van der Waals surface area contributed by atoms with Crippen LogP contribution in [0.2, 0.25) is 0 Å². The van der Waals surface area contributed by atoms with Crippen LogP contribution in [0.5, 0.6) is 0 Å². The Morgan fingerprint density at radius 1 is 1.33 bits per heavy atom. The summed E-state index contributed by atoms with van der Waals surface area (Å²) in [5.41, 5.74) is 3.12. The number of rotatable bonds is 1. The summed E-state index contributed by atoms with van der Waals surface area (Å²) in [4.78, 5) is 11.4. The molecule has 62 valence electrons. The third-order valence-electron chi connectivity index (χ3n) is 1.97. The fraction of sp³-hybridized carbons (Fsp3) is 0.333. The molecule has 3 nitrogen and oxygen atoms in total. The van der Waals surface area contributed by atoms with Gasteiger partial charge in [-0.3, -0.25) is 0 Å². The van der Waals surface area contributed by atoms with E-state index in [0.29, 0.717) is 5.92 Å². The normalized spacial score (nSPS) is 11.2. The van der Waals surface area contributed by atoms with Crippen LogP contribution in [0.1, 0.15) is 25.3 Å². The average Bonchev–Trinajstić information content (AvgIpc) is 2.49. The molecule has 0 aliphatic heterocycles. The van der Waals surface area contributed by atoms with Crippen molar-refractivity contribution in [1.29, 1.82) is 0 Å². The highest BCUT2D eigenvalue weighted by Crippen LogP contribution is 2.20. The number of H-pyrrole nitrogens is 1. The number of fused-ring (bicyclic) bond motifs is 1. The van der Waals surface area contributed by atoms with Gasteiger partial charge < -0.3 is 4.98 Å². The first kappa shape index (κ1) is 7.28. The highest BCUT2D eigenvalue weighted by molar-refractivity contribution is 5.74. The van der Waals surface area contributed by atoms with Crippen LogP contribution in [0.4, 0.5) is 0 Å². The van der Waals surface area contributed by atoms with E-state index in [2.05, 4.69) is 28.8 Å². The summed E-state index contributed by atoms with van der Waals surface area (Å²) in [7, 11) is 0. The summed E-state index contributed by atoms with van der Waals surface area (Å²) < 4.78 is 0. The third kappa shape index (κ3) is 0.978. The van der Waals surface area contributed by atoms with Gasteiger partial charge in [0.2, 0.25) is 0 Å². The maximum Gasteiger partial charge on any atom is 0.157 e. The Hall–Kier alpha value is -1.38. The Kier molecular flexibility index (Phi) is 1.57. The molecule has 3 heteroatoms. The second-order valence-corrected chi connectivity index (χ2v) is 3.15. The molecule has 0 atom stereocenters. The van der Waals surface area contributed by atoms with Crippen LogP contribution >= 0.6 is 0 Å². The third-order valence-corrected chi connectivity index (χ3v) is 1.97. The van der Waals surface area contributed by atoms with Crippen LogP contribution in [0.3, 0.4) is 0 Å². The molecule has 2 rings (SSSR count). The summed E-state index contributed by atoms with van der Waals surface area (Å²) in [5.74, 6) is 0.499. The van der Waals surface area contributed by atoms with Gasteiger partial charge in [0.15, 0.2) is 5.65 Å². The predicted molar refractivity (Wildman–Crippen MR) is 48.0 cm³/mol. The second-order valence-electron chi connectivity index (χ2n) is 3.15. The number of nitrogens with zero attached hydrogens (tertiary/aromatic N) is 2. The molecular formula is C9H11N3. The second kappa shape index (κ2) is 2.59. The summed E-state index contributed by atoms with van der Waals surface area (Å²) in [6.45, 7) is 4.31. The smallest absolute Gasteiger partial charge is 0.157 e. The molecule has 1 N–H and O–H groups in total. The molecule has 0 aliphatic carbocycles. The van der Waals surface area contributed by atoms with Crippen molar-refractivity contribution in [2.45, 2.75) is 19.8 Å². The van der Waals surface area contributed by atoms with Crippen molar-refractivity contribution >= 4 is 11.2 Å². The molecule has 0 spiro atoms. The molecule has 0 unspecified atom stereocenters. The first-order valence-electron chi connectivity index (χ1n) is 4.07. The molecule has 0 radical (unpaired) electrons. The minimum atomic E-state index is 0.499. The van der Waals surface area contributed by atoms with E-state index in [4.69, 9.17) is 0 Å². The van der Waals surface area contributed by atoms with E-state index in [0.717, 1.165) is 11.2 Å². The zero-order chi connectivity index (χ0) is 8.55. The Morgan fingerprint density at radius 2 is 2.17 bits per heavy atom. The lowest BCUT2D eigenvalue weighted by molar-refractivity contribution is 0.871. The first-order valence-corrected chi connectivity index (χ1v) is 4.07. The minimum Gasteiger partial charge on any atom is -0.329 e. The van der Waals surface area contributed by atoms with Crippen LogP contribution in [0, 0.1) is 0 Å². The van der Waals surface area contributed by atoms with Crippen molar-refractivity contribution in [3.8, 4) is 0 Å². The highest BCUT2D eigenvalue weighted by Gasteiger charge is 2.06. The molecule has 0 bridgehead atoms. The molecule has 0 saturated carbocycles. The Labute approximate surface area is 70.9 Å². The lowest BCUT2D eigenvalue weighted by Crippen LogP contribution is -1.90. The van der Waals surface area contributed by atoms with Gasteiger partial charge in [0.05, 0.1) is 6.33 Å². The summed E-state index contributed by atoms with van der Waals surface area (Å²) in [6.07, 6.45) is 3.50. The van der Waals surface area contributed by atoms with Gasteiger partial charge in [-0.25, -0.2) is 9.97 Å². The quantitative estimate of drug-likeness (QED) is 0.695. The topological polar surface area (TPSA) is 41.6 Å². The maximum absolute atomic E-state index is 4.22. The molecule has 0 aliphatic rings. The molecule has 2 heterocycles. The zero-order valence-corrected chi connectivity index (χ0v) is 7.20. The Bertz CT molecular complexity index is 389. The van der Waals surface area contributed by atoms with E-state index in [1.807, 2.05) is 12.3 Å². The number of imidazole rings is 1. The van der Waals surface area contributed by atoms with Gasteiger partial charge in [-0.2, -0.15) is 0 Å². The molecule has 0 fully saturated rings. The Balaban J connectivity index is 2.73. The van der Waals surface area contributed by atoms with Crippen molar-refractivity contribution in [1.82, 2.24) is 15.0 Å². The van der Waals surface area contributed by atoms with E-state index in [1.165, 1.54) is 5.56 Å². The number of nitrogens with one attached hydrogen (secondary N) is 1. The monoisotopic (exact) mass is 161 g/mol. The van der Waals surface area contributed by atoms with Gasteiger partial charge in [0, 0.05) is 6.20 Å². The van der Waals surface area contributed by atoms with Crippen molar-refractivity contribution in [3.63, 3.8) is 0 Å². The number of hydrogen-bond donors (Lipinski definition) is 1. The number of pyridine rings is 1. The van der Waals surface area contributed by atoms with Gasteiger partial charge in [-0.1, -0.05) is 13.8 Å². The van der Waals surface area contributed by atoms with Crippen molar-refractivity contribution < 1.29 is 0 Å². The standard InChI is InChI=1S/C9H11N3/c1-6(2)7-3-4-10-9-8(7)11-5-12-9/h3-6H,1-2H3,(H,10,11,12). The number of aromatic amines is 1. The van der Waals surface area contributed by atoms with Crippen molar-refractivity contribution in [2.24, 2.45) is 0 Å². The van der Waals surface area contributed by atoms with Gasteiger partial charge in [-0.15, -0.1) is 0 Å². The Morgan fingerprint density at radius 3 is 2.92 bits per heavy atom. The van der Waals surface area contributed by atoms with Gasteiger partial charge in [0.1, 0.15) is 5.52 Å². The van der Waals surface area contributed by atoms with Gasteiger partial charge in [0.25, 0.3) is 0 Å². The number of hydrogen-bond acceptors (Lipinski definition) is 2. The lowest BCUT2D eigenvalue weighted by Gasteiger charge is -2.03. The highest BCUT2D eigenvalue weighted by atomic mass is 14.9. The van der Waals surface area contributed by atoms with E-state index in [1.54, 1.807) is 6.33 Å². The minimum absolute atomic E-state index is 0.499. The molecule has 0 amide bonds. The van der Waals surface area contributed by atoms with Crippen LogP contribution in [0.25, 0.3) is 11.2 Å².